The van der Waals surface area contributed by atoms with E-state index in [0.717, 1.165) is 16.9 Å². The molecule has 0 atom stereocenters. The molecule has 0 saturated carbocycles. The molecule has 17 heavy (non-hydrogen) atoms. The molecule has 0 N–H and O–H groups in total. The highest BCUT2D eigenvalue weighted by Crippen LogP contribution is 2.15. The van der Waals surface area contributed by atoms with Crippen LogP contribution in [0.1, 0.15) is 0 Å². The van der Waals surface area contributed by atoms with Gasteiger partial charge in [0.1, 0.15) is 5.69 Å². The van der Waals surface area contributed by atoms with Crippen molar-refractivity contribution in [3.8, 4) is 16.9 Å². The van der Waals surface area contributed by atoms with Gasteiger partial charge >= 0.3 is 0 Å². The monoisotopic (exact) mass is 222 g/mol. The van der Waals surface area contributed by atoms with E-state index in [4.69, 9.17) is 0 Å². The van der Waals surface area contributed by atoms with Crippen LogP contribution in [0.15, 0.2) is 61.1 Å². The Hall–Kier alpha value is -2.49. The Labute approximate surface area is 98.6 Å². The molecule has 0 spiro atoms. The predicted octanol–water partition coefficient (Wildman–Crippen LogP) is 2.33. The van der Waals surface area contributed by atoms with Crippen molar-refractivity contribution < 1.29 is 0 Å². The van der Waals surface area contributed by atoms with E-state index in [9.17, 15) is 0 Å². The molecule has 0 aliphatic carbocycles. The van der Waals surface area contributed by atoms with E-state index in [2.05, 4.69) is 15.2 Å². The van der Waals surface area contributed by atoms with Gasteiger partial charge in [-0.15, -0.1) is 5.10 Å². The largest absolute Gasteiger partial charge is 0.265 e. The lowest BCUT2D eigenvalue weighted by molar-refractivity contribution is 0.752. The average Bonchev–Trinajstić information content (AvgIpc) is 2.90. The van der Waals surface area contributed by atoms with Crippen molar-refractivity contribution in [3.63, 3.8) is 0 Å². The lowest BCUT2D eigenvalue weighted by atomic mass is 10.2. The summed E-state index contributed by atoms with van der Waals surface area (Å²) < 4.78 is 0. The highest BCUT2D eigenvalue weighted by molar-refractivity contribution is 5.57. The van der Waals surface area contributed by atoms with Gasteiger partial charge in [-0.3, -0.25) is 4.98 Å². The fourth-order valence-corrected chi connectivity index (χ4v) is 1.61. The zero-order chi connectivity index (χ0) is 11.5. The molecule has 2 aromatic heterocycles. The topological polar surface area (TPSA) is 43.6 Å². The van der Waals surface area contributed by atoms with E-state index in [1.165, 1.54) is 0 Å². The summed E-state index contributed by atoms with van der Waals surface area (Å²) in [6, 6.07) is 13.7. The zero-order valence-electron chi connectivity index (χ0n) is 9.06. The second-order valence-electron chi connectivity index (χ2n) is 3.59. The summed E-state index contributed by atoms with van der Waals surface area (Å²) in [4.78, 5) is 5.57. The first-order valence-electron chi connectivity index (χ1n) is 5.32. The number of pyridine rings is 1. The molecule has 0 aliphatic heterocycles. The summed E-state index contributed by atoms with van der Waals surface area (Å²) in [5.41, 5.74) is 2.83. The molecule has 0 bridgehead atoms. The Morgan fingerprint density at radius 1 is 0.882 bits per heavy atom. The van der Waals surface area contributed by atoms with Gasteiger partial charge in [0.05, 0.1) is 11.9 Å². The Kier molecular flexibility index (Phi) is 2.38. The third kappa shape index (κ3) is 1.92. The Bertz CT molecular complexity index is 548. The zero-order valence-corrected chi connectivity index (χ0v) is 9.06. The molecule has 4 heteroatoms. The van der Waals surface area contributed by atoms with Crippen LogP contribution in [0.3, 0.4) is 0 Å². The van der Waals surface area contributed by atoms with Gasteiger partial charge in [-0.25, -0.2) is 0 Å². The minimum Gasteiger partial charge on any atom is -0.265 e. The van der Waals surface area contributed by atoms with Crippen LogP contribution in [-0.2, 0) is 0 Å². The normalized spacial score (nSPS) is 10.4. The van der Waals surface area contributed by atoms with E-state index < -0.39 is 0 Å². The second-order valence-corrected chi connectivity index (χ2v) is 3.59. The van der Waals surface area contributed by atoms with Crippen molar-refractivity contribution in [2.24, 2.45) is 0 Å². The van der Waals surface area contributed by atoms with E-state index in [0.29, 0.717) is 0 Å². The molecule has 0 amide bonds. The van der Waals surface area contributed by atoms with Gasteiger partial charge in [0.25, 0.3) is 0 Å². The van der Waals surface area contributed by atoms with Crippen LogP contribution in [0.4, 0.5) is 0 Å². The Morgan fingerprint density at radius 3 is 2.41 bits per heavy atom. The molecular weight excluding hydrogens is 212 g/mol. The van der Waals surface area contributed by atoms with Crippen LogP contribution >= 0.6 is 0 Å². The standard InChI is InChI=1S/C13H10N4/c1-2-4-11(5-3-1)13-10-15-17(16-13)12-6-8-14-9-7-12/h1-10H. The highest BCUT2D eigenvalue weighted by atomic mass is 15.5. The van der Waals surface area contributed by atoms with Crippen molar-refractivity contribution in [1.82, 2.24) is 20.0 Å². The number of aromatic nitrogens is 4. The molecule has 0 aliphatic rings. The summed E-state index contributed by atoms with van der Waals surface area (Å²) >= 11 is 0. The minimum absolute atomic E-state index is 0.863. The third-order valence-electron chi connectivity index (χ3n) is 2.46. The molecule has 1 aromatic carbocycles. The maximum Gasteiger partial charge on any atom is 0.113 e. The van der Waals surface area contributed by atoms with Gasteiger partial charge in [-0.05, 0) is 12.1 Å². The minimum atomic E-state index is 0.863. The van der Waals surface area contributed by atoms with Crippen LogP contribution in [-0.4, -0.2) is 20.0 Å². The first-order valence-corrected chi connectivity index (χ1v) is 5.32. The summed E-state index contributed by atoms with van der Waals surface area (Å²) in [5.74, 6) is 0. The van der Waals surface area contributed by atoms with Crippen molar-refractivity contribution in [1.29, 1.82) is 0 Å². The third-order valence-corrected chi connectivity index (χ3v) is 2.46. The maximum absolute atomic E-state index is 4.43. The molecule has 4 nitrogen and oxygen atoms in total. The first kappa shape index (κ1) is 9.72. The summed E-state index contributed by atoms with van der Waals surface area (Å²) in [7, 11) is 0. The summed E-state index contributed by atoms with van der Waals surface area (Å²) in [6.45, 7) is 0. The predicted molar refractivity (Wildman–Crippen MR) is 64.6 cm³/mol. The van der Waals surface area contributed by atoms with Gasteiger partial charge < -0.3 is 0 Å². The highest BCUT2D eigenvalue weighted by Gasteiger charge is 2.03. The van der Waals surface area contributed by atoms with Crippen molar-refractivity contribution in [2.75, 3.05) is 0 Å². The van der Waals surface area contributed by atoms with Gasteiger partial charge in [0.15, 0.2) is 0 Å². The van der Waals surface area contributed by atoms with Crippen molar-refractivity contribution in [3.05, 3.63) is 61.1 Å². The molecular formula is C13H10N4. The van der Waals surface area contributed by atoms with Crippen LogP contribution in [0, 0.1) is 0 Å². The molecule has 0 saturated heterocycles. The quantitative estimate of drug-likeness (QED) is 0.668. The lowest BCUT2D eigenvalue weighted by Crippen LogP contribution is -1.98. The molecule has 0 radical (unpaired) electrons. The van der Waals surface area contributed by atoms with E-state index >= 15 is 0 Å². The van der Waals surface area contributed by atoms with Crippen LogP contribution < -0.4 is 0 Å². The number of rotatable bonds is 2. The molecule has 0 unspecified atom stereocenters. The molecule has 3 rings (SSSR count). The number of hydrogen-bond acceptors (Lipinski definition) is 3. The van der Waals surface area contributed by atoms with Crippen LogP contribution in [0.2, 0.25) is 0 Å². The van der Waals surface area contributed by atoms with Crippen LogP contribution in [0.5, 0.6) is 0 Å². The number of benzene rings is 1. The summed E-state index contributed by atoms with van der Waals surface area (Å²) in [5, 5.41) is 8.67. The molecule has 0 fully saturated rings. The first-order chi connectivity index (χ1) is 8.43. The van der Waals surface area contributed by atoms with Crippen LogP contribution in [0.25, 0.3) is 16.9 Å². The van der Waals surface area contributed by atoms with Gasteiger partial charge in [-0.1, -0.05) is 30.3 Å². The number of nitrogens with zero attached hydrogens (tertiary/aromatic N) is 4. The Morgan fingerprint density at radius 2 is 1.65 bits per heavy atom. The van der Waals surface area contributed by atoms with E-state index in [1.54, 1.807) is 23.4 Å². The average molecular weight is 222 g/mol. The van der Waals surface area contributed by atoms with Crippen molar-refractivity contribution >= 4 is 0 Å². The SMILES string of the molecule is c1ccc(-c2cnn(-c3ccncc3)n2)cc1. The molecule has 2 heterocycles. The fraction of sp³-hybridized carbons (Fsp3) is 0. The van der Waals surface area contributed by atoms with E-state index in [1.807, 2.05) is 42.5 Å². The molecule has 3 aromatic rings. The smallest absolute Gasteiger partial charge is 0.113 e. The second kappa shape index (κ2) is 4.17. The fourth-order valence-electron chi connectivity index (χ4n) is 1.61. The Balaban J connectivity index is 1.99. The maximum atomic E-state index is 4.43. The molecule has 82 valence electrons. The lowest BCUT2D eigenvalue weighted by Gasteiger charge is -1.97. The van der Waals surface area contributed by atoms with E-state index in [-0.39, 0.29) is 0 Å². The van der Waals surface area contributed by atoms with Gasteiger partial charge in [0.2, 0.25) is 0 Å². The van der Waals surface area contributed by atoms with Crippen molar-refractivity contribution in [2.45, 2.75) is 0 Å². The van der Waals surface area contributed by atoms with Gasteiger partial charge in [-0.2, -0.15) is 9.90 Å². The summed E-state index contributed by atoms with van der Waals surface area (Å²) in [6.07, 6.45) is 5.21. The van der Waals surface area contributed by atoms with Gasteiger partial charge in [0, 0.05) is 18.0 Å². The number of hydrogen-bond donors (Lipinski definition) is 0.